The predicted octanol–water partition coefficient (Wildman–Crippen LogP) is 2.84. The molecule has 0 fully saturated rings. The minimum atomic E-state index is -3.65. The van der Waals surface area contributed by atoms with E-state index in [2.05, 4.69) is 0 Å². The Hall–Kier alpha value is -0.780. The molecule has 0 aliphatic rings. The molecule has 1 aromatic carbocycles. The molecule has 0 aliphatic carbocycles. The Labute approximate surface area is 95.7 Å². The van der Waals surface area contributed by atoms with Gasteiger partial charge in [-0.25, -0.2) is 8.42 Å². The number of ether oxygens (including phenoxy) is 1. The highest BCUT2D eigenvalue weighted by molar-refractivity contribution is 8.15. The topological polar surface area (TPSA) is 43.4 Å². The first kappa shape index (κ1) is 10.7. The van der Waals surface area contributed by atoms with Gasteiger partial charge in [0.15, 0.2) is 0 Å². The second-order valence-corrected chi connectivity index (χ2v) is 6.73. The van der Waals surface area contributed by atoms with Crippen LogP contribution >= 0.6 is 22.0 Å². The van der Waals surface area contributed by atoms with Gasteiger partial charge in [0.2, 0.25) is 0 Å². The lowest BCUT2D eigenvalue weighted by atomic mass is 10.2. The summed E-state index contributed by atoms with van der Waals surface area (Å²) in [6.45, 7) is 0. The van der Waals surface area contributed by atoms with Crippen molar-refractivity contribution in [3.63, 3.8) is 0 Å². The van der Waals surface area contributed by atoms with Crippen LogP contribution in [0.3, 0.4) is 0 Å². The zero-order chi connectivity index (χ0) is 11.1. The van der Waals surface area contributed by atoms with Crippen molar-refractivity contribution in [3.8, 4) is 5.75 Å². The van der Waals surface area contributed by atoms with Crippen molar-refractivity contribution in [1.29, 1.82) is 0 Å². The smallest absolute Gasteiger partial charge is 0.270 e. The molecular weight excluding hydrogens is 256 g/mol. The van der Waals surface area contributed by atoms with E-state index >= 15 is 0 Å². The highest BCUT2D eigenvalue weighted by atomic mass is 35.7. The van der Waals surface area contributed by atoms with E-state index in [0.29, 0.717) is 5.75 Å². The fraction of sp³-hybridized carbons (Fsp3) is 0.111. The van der Waals surface area contributed by atoms with Crippen LogP contribution in [0.25, 0.3) is 10.1 Å². The number of halogens is 1. The van der Waals surface area contributed by atoms with Gasteiger partial charge in [-0.05, 0) is 17.5 Å². The van der Waals surface area contributed by atoms with Gasteiger partial charge in [0.1, 0.15) is 9.96 Å². The van der Waals surface area contributed by atoms with Crippen molar-refractivity contribution < 1.29 is 13.2 Å². The maximum atomic E-state index is 11.1. The zero-order valence-electron chi connectivity index (χ0n) is 7.73. The number of benzene rings is 1. The summed E-state index contributed by atoms with van der Waals surface area (Å²) in [6, 6.07) is 6.95. The third-order valence-electron chi connectivity index (χ3n) is 1.95. The van der Waals surface area contributed by atoms with Crippen molar-refractivity contribution in [2.45, 2.75) is 4.21 Å². The minimum Gasteiger partial charge on any atom is -0.495 e. The van der Waals surface area contributed by atoms with Crippen LogP contribution in [0.2, 0.25) is 0 Å². The quantitative estimate of drug-likeness (QED) is 0.782. The fourth-order valence-corrected chi connectivity index (χ4v) is 3.51. The van der Waals surface area contributed by atoms with Gasteiger partial charge in [-0.15, -0.1) is 11.3 Å². The van der Waals surface area contributed by atoms with E-state index in [4.69, 9.17) is 15.4 Å². The van der Waals surface area contributed by atoms with E-state index in [-0.39, 0.29) is 4.21 Å². The van der Waals surface area contributed by atoms with Gasteiger partial charge in [-0.3, -0.25) is 0 Å². The molecule has 1 heterocycles. The molecule has 2 aromatic rings. The van der Waals surface area contributed by atoms with Gasteiger partial charge in [0, 0.05) is 10.7 Å². The van der Waals surface area contributed by atoms with E-state index in [1.807, 2.05) is 6.07 Å². The number of hydrogen-bond donors (Lipinski definition) is 0. The highest BCUT2D eigenvalue weighted by Crippen LogP contribution is 2.36. The summed E-state index contributed by atoms with van der Waals surface area (Å²) in [5, 5.41) is 0.818. The average molecular weight is 263 g/mol. The van der Waals surface area contributed by atoms with Gasteiger partial charge in [-0.2, -0.15) is 0 Å². The van der Waals surface area contributed by atoms with Crippen molar-refractivity contribution in [3.05, 3.63) is 24.3 Å². The lowest BCUT2D eigenvalue weighted by molar-refractivity contribution is 0.420. The third kappa shape index (κ3) is 1.95. The van der Waals surface area contributed by atoms with Crippen molar-refractivity contribution in [2.75, 3.05) is 7.11 Å². The Morgan fingerprint density at radius 2 is 2.13 bits per heavy atom. The van der Waals surface area contributed by atoms with E-state index in [1.54, 1.807) is 25.3 Å². The Bertz CT molecular complexity index is 601. The predicted molar refractivity (Wildman–Crippen MR) is 61.4 cm³/mol. The second kappa shape index (κ2) is 3.66. The van der Waals surface area contributed by atoms with Gasteiger partial charge < -0.3 is 4.74 Å². The highest BCUT2D eigenvalue weighted by Gasteiger charge is 2.15. The zero-order valence-corrected chi connectivity index (χ0v) is 10.1. The molecule has 0 N–H and O–H groups in total. The summed E-state index contributed by atoms with van der Waals surface area (Å²) in [4.78, 5) is 0. The first-order valence-electron chi connectivity index (χ1n) is 4.03. The molecule has 0 atom stereocenters. The minimum absolute atomic E-state index is 0.142. The van der Waals surface area contributed by atoms with E-state index in [9.17, 15) is 8.42 Å². The van der Waals surface area contributed by atoms with Crippen LogP contribution < -0.4 is 4.74 Å². The second-order valence-electron chi connectivity index (χ2n) is 2.88. The molecule has 0 bridgehead atoms. The van der Waals surface area contributed by atoms with Crippen molar-refractivity contribution >= 4 is 41.2 Å². The Kier molecular flexibility index (Phi) is 2.62. The van der Waals surface area contributed by atoms with Crippen LogP contribution in [-0.2, 0) is 9.05 Å². The fourth-order valence-electron chi connectivity index (χ4n) is 1.29. The molecule has 0 radical (unpaired) electrons. The summed E-state index contributed by atoms with van der Waals surface area (Å²) in [5.74, 6) is 0.657. The van der Waals surface area contributed by atoms with Crippen LogP contribution in [0, 0.1) is 0 Å². The standard InChI is InChI=1S/C9H7ClO3S2/c1-13-7-4-2-3-6-5-8(14-9(6)7)15(10,11)12/h2-5H,1H3. The molecule has 15 heavy (non-hydrogen) atoms. The SMILES string of the molecule is COc1cccc2cc(S(=O)(=O)Cl)sc12. The van der Waals surface area contributed by atoms with Gasteiger partial charge in [-0.1, -0.05) is 12.1 Å². The molecule has 0 amide bonds. The lowest BCUT2D eigenvalue weighted by Gasteiger charge is -1.98. The molecule has 0 saturated carbocycles. The first-order chi connectivity index (χ1) is 7.02. The number of thiophene rings is 1. The molecule has 0 aliphatic heterocycles. The van der Waals surface area contributed by atoms with Gasteiger partial charge in [0.25, 0.3) is 9.05 Å². The molecule has 0 spiro atoms. The Balaban J connectivity index is 2.76. The third-order valence-corrected chi connectivity index (χ3v) is 5.19. The molecule has 80 valence electrons. The number of fused-ring (bicyclic) bond motifs is 1. The summed E-state index contributed by atoms with van der Waals surface area (Å²) in [6.07, 6.45) is 0. The summed E-state index contributed by atoms with van der Waals surface area (Å²) in [5.41, 5.74) is 0. The van der Waals surface area contributed by atoms with Crippen LogP contribution in [0.4, 0.5) is 0 Å². The largest absolute Gasteiger partial charge is 0.495 e. The van der Waals surface area contributed by atoms with Crippen LogP contribution in [0.15, 0.2) is 28.5 Å². The first-order valence-corrected chi connectivity index (χ1v) is 7.16. The van der Waals surface area contributed by atoms with E-state index in [0.717, 1.165) is 21.4 Å². The van der Waals surface area contributed by atoms with Crippen molar-refractivity contribution in [1.82, 2.24) is 0 Å². The van der Waals surface area contributed by atoms with E-state index in [1.165, 1.54) is 0 Å². The molecule has 2 rings (SSSR count). The number of methoxy groups -OCH3 is 1. The molecule has 3 nitrogen and oxygen atoms in total. The molecule has 1 aromatic heterocycles. The molecule has 0 unspecified atom stereocenters. The lowest BCUT2D eigenvalue weighted by Crippen LogP contribution is -1.83. The normalized spacial score (nSPS) is 11.9. The molecular formula is C9H7ClO3S2. The van der Waals surface area contributed by atoms with Crippen LogP contribution in [0.1, 0.15) is 0 Å². The average Bonchev–Trinajstić information content (AvgIpc) is 2.59. The van der Waals surface area contributed by atoms with Crippen LogP contribution in [0.5, 0.6) is 5.75 Å². The molecule has 6 heteroatoms. The number of hydrogen-bond acceptors (Lipinski definition) is 4. The Morgan fingerprint density at radius 3 is 2.73 bits per heavy atom. The van der Waals surface area contributed by atoms with Gasteiger partial charge >= 0.3 is 0 Å². The number of rotatable bonds is 2. The van der Waals surface area contributed by atoms with E-state index < -0.39 is 9.05 Å². The summed E-state index contributed by atoms with van der Waals surface area (Å²) in [7, 11) is 3.16. The summed E-state index contributed by atoms with van der Waals surface area (Å²) >= 11 is 1.11. The summed E-state index contributed by atoms with van der Waals surface area (Å²) < 4.78 is 28.3. The Morgan fingerprint density at radius 1 is 1.40 bits per heavy atom. The van der Waals surface area contributed by atoms with Crippen molar-refractivity contribution in [2.24, 2.45) is 0 Å². The van der Waals surface area contributed by atoms with Crippen LogP contribution in [-0.4, -0.2) is 15.5 Å². The molecule has 0 saturated heterocycles. The maximum absolute atomic E-state index is 11.1. The van der Waals surface area contributed by atoms with Gasteiger partial charge in [0.05, 0.1) is 11.8 Å². The monoisotopic (exact) mass is 262 g/mol. The maximum Gasteiger partial charge on any atom is 0.270 e.